The average molecular weight is 509 g/mol. The Morgan fingerprint density at radius 3 is 2.39 bits per heavy atom. The van der Waals surface area contributed by atoms with Crippen LogP contribution in [-0.4, -0.2) is 86.9 Å². The van der Waals surface area contributed by atoms with Gasteiger partial charge in [0.05, 0.1) is 16.3 Å². The van der Waals surface area contributed by atoms with Crippen LogP contribution in [0, 0.1) is 5.92 Å². The molecule has 36 heavy (non-hydrogen) atoms. The Hall–Kier alpha value is -3.24. The maximum atomic E-state index is 13.4. The zero-order valence-electron chi connectivity index (χ0n) is 20.7. The standard InChI is InChI=1S/C26H32N6O3S/c1-29(2)21-9-11-22(12-10-21)36(34,35)32-13-5-6-20(18-32)26(33)31-16-14-30(15-17-31)25-23-7-3-4-8-24(23)27-19-28-25/h3-4,7-12,19-20H,5-6,13-18H2,1-2H3. The molecule has 0 radical (unpaired) electrons. The van der Waals surface area contributed by atoms with E-state index in [-0.39, 0.29) is 23.3 Å². The number of benzene rings is 2. The summed E-state index contributed by atoms with van der Waals surface area (Å²) in [5.74, 6) is 0.619. The molecular weight excluding hydrogens is 476 g/mol. The minimum atomic E-state index is -3.65. The number of carbonyl (C=O) groups excluding carboxylic acids is 1. The predicted octanol–water partition coefficient (Wildman–Crippen LogP) is 2.45. The third kappa shape index (κ3) is 4.75. The van der Waals surface area contributed by atoms with Crippen LogP contribution in [0.15, 0.2) is 59.8 Å². The van der Waals surface area contributed by atoms with Gasteiger partial charge in [-0.2, -0.15) is 4.31 Å². The Morgan fingerprint density at radius 2 is 1.67 bits per heavy atom. The lowest BCUT2D eigenvalue weighted by atomic mass is 9.97. The molecule has 10 heteroatoms. The van der Waals surface area contributed by atoms with Crippen molar-refractivity contribution in [3.63, 3.8) is 0 Å². The maximum absolute atomic E-state index is 13.4. The molecule has 2 saturated heterocycles. The molecular formula is C26H32N6O3S. The Kier molecular flexibility index (Phi) is 6.81. The number of aromatic nitrogens is 2. The molecule has 2 aromatic carbocycles. The van der Waals surface area contributed by atoms with E-state index in [1.54, 1.807) is 30.6 Å². The summed E-state index contributed by atoms with van der Waals surface area (Å²) in [5, 5.41) is 1.01. The first kappa shape index (κ1) is 24.5. The van der Waals surface area contributed by atoms with Gasteiger partial charge in [0.1, 0.15) is 12.1 Å². The largest absolute Gasteiger partial charge is 0.378 e. The van der Waals surface area contributed by atoms with E-state index in [0.717, 1.165) is 22.4 Å². The van der Waals surface area contributed by atoms with Gasteiger partial charge in [0.25, 0.3) is 0 Å². The maximum Gasteiger partial charge on any atom is 0.243 e. The van der Waals surface area contributed by atoms with Crippen LogP contribution >= 0.6 is 0 Å². The molecule has 0 saturated carbocycles. The van der Waals surface area contributed by atoms with Gasteiger partial charge in [-0.15, -0.1) is 0 Å². The minimum absolute atomic E-state index is 0.0463. The second-order valence-corrected chi connectivity index (χ2v) is 11.6. The Bertz CT molecular complexity index is 1330. The van der Waals surface area contributed by atoms with Gasteiger partial charge in [-0.25, -0.2) is 18.4 Å². The first-order valence-electron chi connectivity index (χ1n) is 12.4. The van der Waals surface area contributed by atoms with Crippen LogP contribution in [0.25, 0.3) is 10.9 Å². The first-order chi connectivity index (χ1) is 17.3. The van der Waals surface area contributed by atoms with Gasteiger partial charge in [0, 0.05) is 64.4 Å². The summed E-state index contributed by atoms with van der Waals surface area (Å²) in [4.78, 5) is 28.5. The summed E-state index contributed by atoms with van der Waals surface area (Å²) in [5.41, 5.74) is 1.84. The SMILES string of the molecule is CN(C)c1ccc(S(=O)(=O)N2CCCC(C(=O)N3CCN(c4ncnc5ccccc45)CC3)C2)cc1. The van der Waals surface area contributed by atoms with Crippen molar-refractivity contribution < 1.29 is 13.2 Å². The summed E-state index contributed by atoms with van der Waals surface area (Å²) < 4.78 is 28.1. The molecule has 1 atom stereocenters. The number of carbonyl (C=O) groups is 1. The van der Waals surface area contributed by atoms with Crippen molar-refractivity contribution in [1.29, 1.82) is 0 Å². The van der Waals surface area contributed by atoms with Crippen LogP contribution in [0.5, 0.6) is 0 Å². The lowest BCUT2D eigenvalue weighted by Crippen LogP contribution is -2.53. The number of sulfonamides is 1. The van der Waals surface area contributed by atoms with Gasteiger partial charge >= 0.3 is 0 Å². The van der Waals surface area contributed by atoms with Crippen molar-refractivity contribution >= 4 is 38.3 Å². The zero-order valence-corrected chi connectivity index (χ0v) is 21.6. The Labute approximate surface area is 212 Å². The number of nitrogens with zero attached hydrogens (tertiary/aromatic N) is 6. The second-order valence-electron chi connectivity index (χ2n) is 9.62. The van der Waals surface area contributed by atoms with Crippen molar-refractivity contribution in [3.8, 4) is 0 Å². The third-order valence-corrected chi connectivity index (χ3v) is 9.02. The number of piperazine rings is 1. The Balaban J connectivity index is 1.23. The molecule has 0 aliphatic carbocycles. The number of hydrogen-bond donors (Lipinski definition) is 0. The quantitative estimate of drug-likeness (QED) is 0.523. The molecule has 9 nitrogen and oxygen atoms in total. The van der Waals surface area contributed by atoms with E-state index in [4.69, 9.17) is 0 Å². The molecule has 1 unspecified atom stereocenters. The van der Waals surface area contributed by atoms with Crippen LogP contribution < -0.4 is 9.80 Å². The van der Waals surface area contributed by atoms with Gasteiger partial charge in [-0.3, -0.25) is 4.79 Å². The highest BCUT2D eigenvalue weighted by Gasteiger charge is 2.36. The lowest BCUT2D eigenvalue weighted by Gasteiger charge is -2.39. The fourth-order valence-corrected chi connectivity index (χ4v) is 6.59. The van der Waals surface area contributed by atoms with Crippen LogP contribution in [0.3, 0.4) is 0 Å². The monoisotopic (exact) mass is 508 g/mol. The smallest absolute Gasteiger partial charge is 0.243 e. The predicted molar refractivity (Wildman–Crippen MR) is 141 cm³/mol. The van der Waals surface area contributed by atoms with Gasteiger partial charge in [0.2, 0.25) is 15.9 Å². The molecule has 0 spiro atoms. The molecule has 3 aromatic rings. The molecule has 2 aliphatic rings. The third-order valence-electron chi connectivity index (χ3n) is 7.14. The number of anilines is 2. The summed E-state index contributed by atoms with van der Waals surface area (Å²) in [7, 11) is 0.188. The first-order valence-corrected chi connectivity index (χ1v) is 13.8. The number of hydrogen-bond acceptors (Lipinski definition) is 7. The molecule has 5 rings (SSSR count). The van der Waals surface area contributed by atoms with Crippen molar-refractivity contribution in [2.75, 3.05) is 63.2 Å². The topological polar surface area (TPSA) is 90.0 Å². The van der Waals surface area contributed by atoms with Gasteiger partial charge in [0.15, 0.2) is 0 Å². The molecule has 190 valence electrons. The van der Waals surface area contributed by atoms with Crippen LogP contribution in [-0.2, 0) is 14.8 Å². The highest BCUT2D eigenvalue weighted by atomic mass is 32.2. The van der Waals surface area contributed by atoms with Crippen LogP contribution in [0.2, 0.25) is 0 Å². The van der Waals surface area contributed by atoms with Crippen molar-refractivity contribution in [1.82, 2.24) is 19.2 Å². The lowest BCUT2D eigenvalue weighted by molar-refractivity contribution is -0.137. The molecule has 2 fully saturated rings. The molecule has 0 bridgehead atoms. The normalized spacial score (nSPS) is 19.4. The number of rotatable bonds is 5. The number of fused-ring (bicyclic) bond motifs is 1. The summed E-state index contributed by atoms with van der Waals surface area (Å²) in [6.07, 6.45) is 2.97. The molecule has 2 aliphatic heterocycles. The Morgan fingerprint density at radius 1 is 0.944 bits per heavy atom. The van der Waals surface area contributed by atoms with Crippen molar-refractivity contribution in [2.45, 2.75) is 17.7 Å². The van der Waals surface area contributed by atoms with Crippen LogP contribution in [0.4, 0.5) is 11.5 Å². The van der Waals surface area contributed by atoms with Gasteiger partial charge in [-0.1, -0.05) is 12.1 Å². The minimum Gasteiger partial charge on any atom is -0.378 e. The highest BCUT2D eigenvalue weighted by molar-refractivity contribution is 7.89. The second kappa shape index (κ2) is 10.0. The fraction of sp³-hybridized carbons (Fsp3) is 0.423. The number of amides is 1. The van der Waals surface area contributed by atoms with Crippen molar-refractivity contribution in [2.24, 2.45) is 5.92 Å². The number of piperidine rings is 1. The summed E-state index contributed by atoms with van der Waals surface area (Å²) >= 11 is 0. The van der Waals surface area contributed by atoms with Gasteiger partial charge < -0.3 is 14.7 Å². The average Bonchev–Trinajstić information content (AvgIpc) is 2.92. The molecule has 1 amide bonds. The highest BCUT2D eigenvalue weighted by Crippen LogP contribution is 2.28. The van der Waals surface area contributed by atoms with E-state index < -0.39 is 10.0 Å². The zero-order chi connectivity index (χ0) is 25.3. The molecule has 1 aromatic heterocycles. The van der Waals surface area contributed by atoms with E-state index >= 15 is 0 Å². The molecule has 3 heterocycles. The van der Waals surface area contributed by atoms with E-state index in [1.165, 1.54) is 4.31 Å². The van der Waals surface area contributed by atoms with E-state index in [9.17, 15) is 13.2 Å². The van der Waals surface area contributed by atoms with Crippen LogP contribution in [0.1, 0.15) is 12.8 Å². The molecule has 0 N–H and O–H groups in total. The van der Waals surface area contributed by atoms with Crippen molar-refractivity contribution in [3.05, 3.63) is 54.9 Å². The van der Waals surface area contributed by atoms with E-state index in [2.05, 4.69) is 14.9 Å². The van der Waals surface area contributed by atoms with E-state index in [0.29, 0.717) is 45.6 Å². The van der Waals surface area contributed by atoms with Gasteiger partial charge in [-0.05, 0) is 49.2 Å². The summed E-state index contributed by atoms with van der Waals surface area (Å²) in [6, 6.07) is 14.8. The number of para-hydroxylation sites is 1. The fourth-order valence-electron chi connectivity index (χ4n) is 5.07. The van der Waals surface area contributed by atoms with E-state index in [1.807, 2.05) is 48.2 Å². The summed E-state index contributed by atoms with van der Waals surface area (Å²) in [6.45, 7) is 3.21.